The van der Waals surface area contributed by atoms with Crippen LogP contribution < -0.4 is 34.9 Å². The average molecular weight is 276 g/mol. The number of amides is 3. The van der Waals surface area contributed by atoms with Crippen molar-refractivity contribution in [2.45, 2.75) is 18.9 Å². The first-order valence-corrected chi connectivity index (χ1v) is 6.24. The van der Waals surface area contributed by atoms with Gasteiger partial charge in [0.15, 0.2) is 11.9 Å². The van der Waals surface area contributed by atoms with Crippen molar-refractivity contribution in [1.29, 1.82) is 0 Å². The quantitative estimate of drug-likeness (QED) is 0.623. The standard InChI is InChI=1S/C15H14N2O2.Na/c1-2-15(13(18)16-14(19)17-15)12-9-5-7-10-6-3-4-8-11(10)12;/h3-9H,2H2,1H3,(H2,16,17,18,19);/q;+1/p-1. The molecule has 0 aliphatic carbocycles. The first kappa shape index (κ1) is 15.0. The second-order valence-corrected chi connectivity index (χ2v) is 4.61. The van der Waals surface area contributed by atoms with Crippen LogP contribution in [0.4, 0.5) is 4.79 Å². The van der Waals surface area contributed by atoms with Gasteiger partial charge in [-0.1, -0.05) is 49.4 Å². The number of carbonyl (C=O) groups is 2. The summed E-state index contributed by atoms with van der Waals surface area (Å²) in [6, 6.07) is 13.0. The maximum absolute atomic E-state index is 12.2. The van der Waals surface area contributed by atoms with Gasteiger partial charge in [-0.15, -0.1) is 0 Å². The largest absolute Gasteiger partial charge is 1.00 e. The first-order valence-electron chi connectivity index (χ1n) is 6.24. The van der Waals surface area contributed by atoms with Crippen molar-refractivity contribution in [1.82, 2.24) is 5.32 Å². The Balaban J connectivity index is 0.00000147. The molecule has 0 aromatic heterocycles. The van der Waals surface area contributed by atoms with E-state index in [1.165, 1.54) is 0 Å². The number of hydrogen-bond acceptors (Lipinski definition) is 2. The summed E-state index contributed by atoms with van der Waals surface area (Å²) in [6.07, 6.45) is 0.457. The van der Waals surface area contributed by atoms with Crippen LogP contribution in [0, 0.1) is 0 Å². The molecule has 20 heavy (non-hydrogen) atoms. The monoisotopic (exact) mass is 276 g/mol. The van der Waals surface area contributed by atoms with Crippen molar-refractivity contribution in [3.63, 3.8) is 0 Å². The van der Waals surface area contributed by atoms with Crippen LogP contribution in [0.3, 0.4) is 0 Å². The normalized spacial score (nSPS) is 21.2. The van der Waals surface area contributed by atoms with E-state index in [0.717, 1.165) is 16.3 Å². The predicted molar refractivity (Wildman–Crippen MR) is 72.8 cm³/mol. The van der Waals surface area contributed by atoms with Gasteiger partial charge in [-0.05, 0) is 22.8 Å². The van der Waals surface area contributed by atoms with Gasteiger partial charge in [0.1, 0.15) is 0 Å². The SMILES string of the molecule is CCC1(c2cccc3ccccc23)[N-]C(=O)NC1=O.[Na+]. The smallest absolute Gasteiger partial charge is 0.413 e. The molecule has 0 saturated carbocycles. The van der Waals surface area contributed by atoms with Crippen LogP contribution in [0.15, 0.2) is 42.5 Å². The van der Waals surface area contributed by atoms with E-state index in [1.807, 2.05) is 49.4 Å². The fourth-order valence-corrected chi connectivity index (χ4v) is 2.65. The number of imide groups is 1. The summed E-state index contributed by atoms with van der Waals surface area (Å²) in [7, 11) is 0. The molecule has 1 unspecified atom stereocenters. The number of nitrogens with zero attached hydrogens (tertiary/aromatic N) is 1. The molecule has 2 aromatic rings. The van der Waals surface area contributed by atoms with E-state index in [-0.39, 0.29) is 35.5 Å². The van der Waals surface area contributed by atoms with Crippen molar-refractivity contribution >= 4 is 22.7 Å². The van der Waals surface area contributed by atoms with E-state index in [4.69, 9.17) is 0 Å². The molecule has 2 aromatic carbocycles. The molecule has 3 amide bonds. The Hall–Kier alpha value is -1.36. The fraction of sp³-hybridized carbons (Fsp3) is 0.200. The van der Waals surface area contributed by atoms with Gasteiger partial charge >= 0.3 is 29.6 Å². The van der Waals surface area contributed by atoms with Gasteiger partial charge in [-0.3, -0.25) is 9.59 Å². The molecule has 0 bridgehead atoms. The number of rotatable bonds is 2. The molecule has 1 N–H and O–H groups in total. The van der Waals surface area contributed by atoms with Crippen LogP contribution in [-0.4, -0.2) is 11.9 Å². The van der Waals surface area contributed by atoms with Crippen molar-refractivity contribution in [3.05, 3.63) is 53.3 Å². The van der Waals surface area contributed by atoms with E-state index in [2.05, 4.69) is 10.6 Å². The predicted octanol–water partition coefficient (Wildman–Crippen LogP) is 0.0726. The molecule has 4 nitrogen and oxygen atoms in total. The average Bonchev–Trinajstić information content (AvgIpc) is 2.73. The summed E-state index contributed by atoms with van der Waals surface area (Å²) in [6.45, 7) is 1.86. The minimum atomic E-state index is -1.09. The van der Waals surface area contributed by atoms with Crippen LogP contribution in [0.2, 0.25) is 0 Å². The third-order valence-electron chi connectivity index (χ3n) is 3.64. The molecule has 1 heterocycles. The van der Waals surface area contributed by atoms with E-state index >= 15 is 0 Å². The molecule has 1 aliphatic heterocycles. The topological polar surface area (TPSA) is 60.3 Å². The van der Waals surface area contributed by atoms with Crippen LogP contribution >= 0.6 is 0 Å². The number of carbonyl (C=O) groups excluding carboxylic acids is 2. The van der Waals surface area contributed by atoms with Gasteiger partial charge < -0.3 is 10.6 Å². The van der Waals surface area contributed by atoms with Crippen molar-refractivity contribution in [2.75, 3.05) is 0 Å². The van der Waals surface area contributed by atoms with E-state index in [1.54, 1.807) is 0 Å². The van der Waals surface area contributed by atoms with Crippen LogP contribution in [0.1, 0.15) is 18.9 Å². The van der Waals surface area contributed by atoms with Gasteiger partial charge in [-0.25, -0.2) is 0 Å². The van der Waals surface area contributed by atoms with Gasteiger partial charge in [0.2, 0.25) is 0 Å². The van der Waals surface area contributed by atoms with Crippen molar-refractivity contribution in [3.8, 4) is 0 Å². The minimum Gasteiger partial charge on any atom is -0.413 e. The molecule has 96 valence electrons. The molecule has 1 aliphatic rings. The third kappa shape index (κ3) is 2.14. The van der Waals surface area contributed by atoms with Crippen molar-refractivity contribution in [2.24, 2.45) is 0 Å². The van der Waals surface area contributed by atoms with Crippen LogP contribution in [0.5, 0.6) is 0 Å². The molecule has 5 heteroatoms. The van der Waals surface area contributed by atoms with E-state index < -0.39 is 11.6 Å². The van der Waals surface area contributed by atoms with E-state index in [9.17, 15) is 9.59 Å². The Morgan fingerprint density at radius 2 is 1.80 bits per heavy atom. The second kappa shape index (κ2) is 5.56. The molecule has 0 radical (unpaired) electrons. The molecule has 3 rings (SSSR count). The van der Waals surface area contributed by atoms with Crippen LogP contribution in [0.25, 0.3) is 16.1 Å². The summed E-state index contributed by atoms with van der Waals surface area (Å²) in [4.78, 5) is 23.6. The Bertz CT molecular complexity index is 681. The van der Waals surface area contributed by atoms with Gasteiger partial charge in [0, 0.05) is 0 Å². The Kier molecular flexibility index (Phi) is 4.18. The number of hydrogen-bond donors (Lipinski definition) is 1. The molecule has 0 spiro atoms. The summed E-state index contributed by atoms with van der Waals surface area (Å²) in [5.41, 5.74) is -0.297. The maximum Gasteiger partial charge on any atom is 1.00 e. The second-order valence-electron chi connectivity index (χ2n) is 4.61. The Morgan fingerprint density at radius 3 is 2.45 bits per heavy atom. The molecular weight excluding hydrogens is 263 g/mol. The number of benzene rings is 2. The van der Waals surface area contributed by atoms with Gasteiger partial charge in [0.05, 0.1) is 5.54 Å². The molecule has 1 fully saturated rings. The third-order valence-corrected chi connectivity index (χ3v) is 3.64. The number of fused-ring (bicyclic) bond motifs is 1. The number of urea groups is 1. The Labute approximate surface area is 139 Å². The first-order chi connectivity index (χ1) is 9.17. The summed E-state index contributed by atoms with van der Waals surface area (Å²) in [5.74, 6) is -0.337. The zero-order chi connectivity index (χ0) is 13.5. The summed E-state index contributed by atoms with van der Waals surface area (Å²) < 4.78 is 0. The van der Waals surface area contributed by atoms with Gasteiger partial charge in [0.25, 0.3) is 0 Å². The van der Waals surface area contributed by atoms with Crippen molar-refractivity contribution < 1.29 is 39.1 Å². The molecule has 1 atom stereocenters. The maximum atomic E-state index is 12.2. The minimum absolute atomic E-state index is 0. The summed E-state index contributed by atoms with van der Waals surface area (Å²) >= 11 is 0. The van der Waals surface area contributed by atoms with Crippen LogP contribution in [-0.2, 0) is 10.3 Å². The fourth-order valence-electron chi connectivity index (χ4n) is 2.65. The van der Waals surface area contributed by atoms with E-state index in [0.29, 0.717) is 6.42 Å². The molecule has 1 saturated heterocycles. The number of nitrogens with one attached hydrogen (secondary N) is 1. The van der Waals surface area contributed by atoms with Gasteiger partial charge in [-0.2, -0.15) is 0 Å². The summed E-state index contributed by atoms with van der Waals surface area (Å²) in [5, 5.41) is 8.31. The zero-order valence-electron chi connectivity index (χ0n) is 11.5. The Morgan fingerprint density at radius 1 is 1.10 bits per heavy atom. The zero-order valence-corrected chi connectivity index (χ0v) is 13.5. The molecular formula is C15H13N2NaO2.